The number of methoxy groups -OCH3 is 1. The number of aliphatic hydroxyl groups is 1. The fraction of sp³-hybridized carbons (Fsp3) is 0.316. The van der Waals surface area contributed by atoms with E-state index in [9.17, 15) is 5.11 Å². The summed E-state index contributed by atoms with van der Waals surface area (Å²) in [6.45, 7) is 6.43. The van der Waals surface area contributed by atoms with E-state index in [2.05, 4.69) is 25.2 Å². The first-order valence-corrected chi connectivity index (χ1v) is 8.14. The lowest BCUT2D eigenvalue weighted by Gasteiger charge is -2.17. The molecule has 0 aromatic heterocycles. The molecule has 2 N–H and O–H groups in total. The van der Waals surface area contributed by atoms with Gasteiger partial charge in [-0.15, -0.1) is 0 Å². The fourth-order valence-electron chi connectivity index (χ4n) is 2.47. The monoisotopic (exact) mass is 345 g/mol. The molecule has 0 spiro atoms. The molecule has 2 aromatic rings. The average Bonchev–Trinajstić information content (AvgIpc) is 2.57. The van der Waals surface area contributed by atoms with E-state index in [1.165, 1.54) is 18.2 Å². The predicted octanol–water partition coefficient (Wildman–Crippen LogP) is 4.03. The number of thiocarbonyl (C=S) groups is 1. The summed E-state index contributed by atoms with van der Waals surface area (Å²) in [7, 11) is 1.51. The summed E-state index contributed by atoms with van der Waals surface area (Å²) in [6.07, 6.45) is 0. The Morgan fingerprint density at radius 3 is 2.50 bits per heavy atom. The highest BCUT2D eigenvalue weighted by molar-refractivity contribution is 7.80. The van der Waals surface area contributed by atoms with E-state index in [0.29, 0.717) is 6.61 Å². The van der Waals surface area contributed by atoms with Gasteiger partial charge in [0.2, 0.25) is 0 Å². The topological polar surface area (TPSA) is 50.7 Å². The second-order valence-corrected chi connectivity index (χ2v) is 6.08. The molecule has 0 heterocycles. The Kier molecular flexibility index (Phi) is 6.17. The molecule has 24 heavy (non-hydrogen) atoms. The molecule has 0 amide bonds. The van der Waals surface area contributed by atoms with Crippen molar-refractivity contribution in [3.63, 3.8) is 0 Å². The lowest BCUT2D eigenvalue weighted by molar-refractivity contribution is 0.269. The smallest absolute Gasteiger partial charge is 0.260 e. The van der Waals surface area contributed by atoms with Crippen molar-refractivity contribution >= 4 is 23.1 Å². The number of aliphatic hydroxyl groups excluding tert-OH is 1. The Labute approximate surface area is 148 Å². The van der Waals surface area contributed by atoms with Gasteiger partial charge in [0, 0.05) is 11.3 Å². The van der Waals surface area contributed by atoms with E-state index in [1.54, 1.807) is 0 Å². The van der Waals surface area contributed by atoms with E-state index < -0.39 is 0 Å². The fourth-order valence-corrected chi connectivity index (χ4v) is 2.58. The van der Waals surface area contributed by atoms with Gasteiger partial charge in [0.25, 0.3) is 5.17 Å². The summed E-state index contributed by atoms with van der Waals surface area (Å²) in [5.41, 5.74) is 5.93. The van der Waals surface area contributed by atoms with Crippen LogP contribution >= 0.6 is 12.2 Å². The number of ether oxygens (including phenoxy) is 2. The lowest BCUT2D eigenvalue weighted by atomic mass is 10.1. The second kappa shape index (κ2) is 8.13. The van der Waals surface area contributed by atoms with Gasteiger partial charge in [0.15, 0.2) is 0 Å². The van der Waals surface area contributed by atoms with Gasteiger partial charge < -0.3 is 19.9 Å². The maximum atomic E-state index is 9.62. The highest BCUT2D eigenvalue weighted by atomic mass is 32.1. The van der Waals surface area contributed by atoms with E-state index in [-0.39, 0.29) is 11.8 Å². The van der Waals surface area contributed by atoms with Gasteiger partial charge in [-0.05, 0) is 67.4 Å². The molecule has 0 aliphatic rings. The number of nitrogens with one attached hydrogen (secondary N) is 1. The van der Waals surface area contributed by atoms with Crippen molar-refractivity contribution in [1.82, 2.24) is 0 Å². The molecule has 4 nitrogen and oxygen atoms in total. The molecule has 0 aliphatic heterocycles. The SMILES string of the molecule is COC(=S)Nc1cccc(CO)c1COc1cc(C)c(C)cc1C. The minimum absolute atomic E-state index is 0.0696. The molecule has 0 saturated carbocycles. The number of aryl methyl sites for hydroxylation is 3. The Bertz CT molecular complexity index is 744. The standard InChI is InChI=1S/C19H23NO3S/c1-12-8-14(3)18(9-13(12)2)23-11-16-15(10-21)6-5-7-17(16)20-19(24)22-4/h5-9,21H,10-11H2,1-4H3,(H,20,24). The third-order valence-corrected chi connectivity index (χ3v) is 4.30. The molecule has 128 valence electrons. The largest absolute Gasteiger partial charge is 0.489 e. The van der Waals surface area contributed by atoms with Crippen molar-refractivity contribution in [3.05, 3.63) is 58.1 Å². The zero-order valence-corrected chi connectivity index (χ0v) is 15.3. The second-order valence-electron chi connectivity index (χ2n) is 5.71. The molecule has 0 aliphatic carbocycles. The van der Waals surface area contributed by atoms with Crippen molar-refractivity contribution in [1.29, 1.82) is 0 Å². The third kappa shape index (κ3) is 4.24. The first-order chi connectivity index (χ1) is 11.5. The van der Waals surface area contributed by atoms with Crippen LogP contribution in [0.15, 0.2) is 30.3 Å². The summed E-state index contributed by atoms with van der Waals surface area (Å²) >= 11 is 5.07. The summed E-state index contributed by atoms with van der Waals surface area (Å²) in [4.78, 5) is 0. The first-order valence-electron chi connectivity index (χ1n) is 7.73. The molecule has 0 atom stereocenters. The maximum absolute atomic E-state index is 9.62. The number of hydrogen-bond acceptors (Lipinski definition) is 4. The van der Waals surface area contributed by atoms with Crippen molar-refractivity contribution in [2.24, 2.45) is 0 Å². The highest BCUT2D eigenvalue weighted by Crippen LogP contribution is 2.26. The maximum Gasteiger partial charge on any atom is 0.260 e. The van der Waals surface area contributed by atoms with Crippen LogP contribution in [0.4, 0.5) is 5.69 Å². The van der Waals surface area contributed by atoms with Crippen LogP contribution in [0.2, 0.25) is 0 Å². The molecule has 0 unspecified atom stereocenters. The van der Waals surface area contributed by atoms with Gasteiger partial charge in [-0.2, -0.15) is 0 Å². The van der Waals surface area contributed by atoms with E-state index in [4.69, 9.17) is 21.7 Å². The Morgan fingerprint density at radius 1 is 1.12 bits per heavy atom. The molecule has 5 heteroatoms. The molecule has 0 bridgehead atoms. The van der Waals surface area contributed by atoms with E-state index >= 15 is 0 Å². The van der Waals surface area contributed by atoms with Crippen LogP contribution < -0.4 is 10.1 Å². The number of benzene rings is 2. The Hall–Kier alpha value is -2.11. The van der Waals surface area contributed by atoms with Gasteiger partial charge in [0.1, 0.15) is 12.4 Å². The van der Waals surface area contributed by atoms with E-state index in [0.717, 1.165) is 28.1 Å². The lowest BCUT2D eigenvalue weighted by Crippen LogP contribution is -2.14. The molecule has 2 aromatic carbocycles. The number of rotatable bonds is 5. The van der Waals surface area contributed by atoms with Gasteiger partial charge in [-0.1, -0.05) is 18.2 Å². The van der Waals surface area contributed by atoms with Crippen LogP contribution in [0.25, 0.3) is 0 Å². The van der Waals surface area contributed by atoms with Crippen molar-refractivity contribution < 1.29 is 14.6 Å². The average molecular weight is 345 g/mol. The highest BCUT2D eigenvalue weighted by Gasteiger charge is 2.11. The zero-order chi connectivity index (χ0) is 17.7. The van der Waals surface area contributed by atoms with Gasteiger partial charge in [0.05, 0.1) is 13.7 Å². The minimum Gasteiger partial charge on any atom is -0.489 e. The van der Waals surface area contributed by atoms with Crippen LogP contribution in [0, 0.1) is 20.8 Å². The van der Waals surface area contributed by atoms with E-state index in [1.807, 2.05) is 31.2 Å². The van der Waals surface area contributed by atoms with Crippen molar-refractivity contribution in [2.45, 2.75) is 34.0 Å². The summed E-state index contributed by atoms with van der Waals surface area (Å²) < 4.78 is 11.0. The summed E-state index contributed by atoms with van der Waals surface area (Å²) in [5.74, 6) is 0.839. The predicted molar refractivity (Wildman–Crippen MR) is 101 cm³/mol. The van der Waals surface area contributed by atoms with Crippen LogP contribution in [-0.2, 0) is 18.0 Å². The van der Waals surface area contributed by atoms with Gasteiger partial charge >= 0.3 is 0 Å². The number of anilines is 1. The molecule has 0 fully saturated rings. The molecule has 0 radical (unpaired) electrons. The Balaban J connectivity index is 2.28. The molecule has 2 rings (SSSR count). The quantitative estimate of drug-likeness (QED) is 0.802. The number of hydrogen-bond donors (Lipinski definition) is 2. The van der Waals surface area contributed by atoms with Crippen molar-refractivity contribution in [3.8, 4) is 5.75 Å². The molecular formula is C19H23NO3S. The third-order valence-electron chi connectivity index (χ3n) is 4.03. The van der Waals surface area contributed by atoms with Crippen molar-refractivity contribution in [2.75, 3.05) is 12.4 Å². The van der Waals surface area contributed by atoms with Crippen LogP contribution in [0.5, 0.6) is 5.75 Å². The molecule has 0 saturated heterocycles. The Morgan fingerprint density at radius 2 is 1.83 bits per heavy atom. The minimum atomic E-state index is -0.0696. The van der Waals surface area contributed by atoms with Gasteiger partial charge in [-0.25, -0.2) is 0 Å². The van der Waals surface area contributed by atoms with Crippen LogP contribution in [0.1, 0.15) is 27.8 Å². The summed E-state index contributed by atoms with van der Waals surface area (Å²) in [6, 6.07) is 9.77. The van der Waals surface area contributed by atoms with Crippen LogP contribution in [0.3, 0.4) is 0 Å². The van der Waals surface area contributed by atoms with Crippen LogP contribution in [-0.4, -0.2) is 17.4 Å². The summed E-state index contributed by atoms with van der Waals surface area (Å²) in [5, 5.41) is 12.9. The zero-order valence-electron chi connectivity index (χ0n) is 14.5. The molecular weight excluding hydrogens is 322 g/mol. The normalized spacial score (nSPS) is 10.4. The first kappa shape index (κ1) is 18.2. The van der Waals surface area contributed by atoms with Gasteiger partial charge in [-0.3, -0.25) is 0 Å².